The van der Waals surface area contributed by atoms with Gasteiger partial charge in [0, 0.05) is 24.3 Å². The Balaban J connectivity index is 2.10. The molecule has 0 fully saturated rings. The van der Waals surface area contributed by atoms with Gasteiger partial charge in [-0.3, -0.25) is 10.1 Å². The fourth-order valence-corrected chi connectivity index (χ4v) is 3.31. The van der Waals surface area contributed by atoms with Crippen LogP contribution >= 0.6 is 0 Å². The fraction of sp³-hybridized carbons (Fsp3) is 0.238. The van der Waals surface area contributed by atoms with E-state index in [1.54, 1.807) is 6.07 Å². The molecule has 9 nitrogen and oxygen atoms in total. The van der Waals surface area contributed by atoms with Gasteiger partial charge in [0.15, 0.2) is 0 Å². The number of benzene rings is 1. The van der Waals surface area contributed by atoms with Crippen molar-refractivity contribution in [3.8, 4) is 11.5 Å². The van der Waals surface area contributed by atoms with Crippen LogP contribution in [0, 0.1) is 24.0 Å². The number of hydrogen-bond donors (Lipinski definition) is 2. The van der Waals surface area contributed by atoms with Crippen molar-refractivity contribution in [2.24, 2.45) is 0 Å². The summed E-state index contributed by atoms with van der Waals surface area (Å²) in [5, 5.41) is 31.6. The summed E-state index contributed by atoms with van der Waals surface area (Å²) in [6.07, 6.45) is -0.162. The molecule has 0 amide bonds. The number of nitrogens with zero attached hydrogens (tertiary/aromatic N) is 1. The third-order valence-electron chi connectivity index (χ3n) is 4.75. The van der Waals surface area contributed by atoms with E-state index in [1.807, 2.05) is 0 Å². The lowest BCUT2D eigenvalue weighted by atomic mass is 9.86. The zero-order valence-corrected chi connectivity index (χ0v) is 16.2. The number of aromatic hydroxyl groups is 2. The third kappa shape index (κ3) is 4.40. The summed E-state index contributed by atoms with van der Waals surface area (Å²) in [4.78, 5) is 35.2. The SMILES string of the molecule is Cc1cc(O)c(CC(Cc2c(O)cc(C)oc2=O)c2cccc([N+](=O)[O-])c2)c(=O)o1. The topological polar surface area (TPSA) is 144 Å². The van der Waals surface area contributed by atoms with E-state index in [1.165, 1.54) is 44.2 Å². The van der Waals surface area contributed by atoms with Crippen LogP contribution in [-0.2, 0) is 12.8 Å². The number of nitro groups is 1. The Kier molecular flexibility index (Phi) is 5.72. The van der Waals surface area contributed by atoms with Crippen LogP contribution in [0.2, 0.25) is 0 Å². The van der Waals surface area contributed by atoms with E-state index in [2.05, 4.69) is 0 Å². The van der Waals surface area contributed by atoms with Crippen molar-refractivity contribution < 1.29 is 24.0 Å². The molecule has 0 aliphatic heterocycles. The Labute approximate surface area is 170 Å². The Bertz CT molecular complexity index is 1160. The zero-order valence-electron chi connectivity index (χ0n) is 16.2. The van der Waals surface area contributed by atoms with Gasteiger partial charge in [-0.2, -0.15) is 0 Å². The van der Waals surface area contributed by atoms with Crippen molar-refractivity contribution in [1.29, 1.82) is 0 Å². The molecule has 0 bridgehead atoms. The van der Waals surface area contributed by atoms with Crippen LogP contribution < -0.4 is 11.3 Å². The van der Waals surface area contributed by atoms with Gasteiger partial charge in [-0.1, -0.05) is 12.1 Å². The molecule has 0 atom stereocenters. The van der Waals surface area contributed by atoms with Gasteiger partial charge in [-0.05, 0) is 38.2 Å². The maximum Gasteiger partial charge on any atom is 0.342 e. The first-order valence-electron chi connectivity index (χ1n) is 9.05. The van der Waals surface area contributed by atoms with Gasteiger partial charge in [-0.15, -0.1) is 0 Å². The van der Waals surface area contributed by atoms with Crippen molar-refractivity contribution in [3.05, 3.63) is 95.6 Å². The molecule has 0 aliphatic rings. The lowest BCUT2D eigenvalue weighted by molar-refractivity contribution is -0.384. The van der Waals surface area contributed by atoms with Crippen LogP contribution in [0.25, 0.3) is 0 Å². The van der Waals surface area contributed by atoms with Gasteiger partial charge >= 0.3 is 11.3 Å². The molecule has 2 N–H and O–H groups in total. The number of non-ortho nitro benzene ring substituents is 1. The minimum atomic E-state index is -0.747. The van der Waals surface area contributed by atoms with Gasteiger partial charge in [0.1, 0.15) is 23.0 Å². The summed E-state index contributed by atoms with van der Waals surface area (Å²) in [7, 11) is 0. The summed E-state index contributed by atoms with van der Waals surface area (Å²) in [5.74, 6) is -0.772. The summed E-state index contributed by atoms with van der Waals surface area (Å²) in [5.41, 5.74) is -1.28. The Morgan fingerprint density at radius 3 is 1.87 bits per heavy atom. The maximum absolute atomic E-state index is 12.3. The van der Waals surface area contributed by atoms with Crippen LogP contribution in [0.15, 0.2) is 54.8 Å². The molecule has 3 aromatic rings. The molecule has 0 saturated heterocycles. The van der Waals surface area contributed by atoms with Crippen LogP contribution in [0.1, 0.15) is 34.1 Å². The molecular formula is C21H19NO8. The monoisotopic (exact) mass is 413 g/mol. The highest BCUT2D eigenvalue weighted by Gasteiger charge is 2.24. The molecule has 9 heteroatoms. The first kappa shape index (κ1) is 20.8. The molecule has 156 valence electrons. The van der Waals surface area contributed by atoms with E-state index in [9.17, 15) is 29.9 Å². The van der Waals surface area contributed by atoms with Gasteiger partial charge < -0.3 is 19.0 Å². The van der Waals surface area contributed by atoms with E-state index in [0.29, 0.717) is 5.56 Å². The highest BCUT2D eigenvalue weighted by Crippen LogP contribution is 2.31. The molecule has 2 heterocycles. The molecule has 1 aromatic carbocycles. The Morgan fingerprint density at radius 2 is 1.43 bits per heavy atom. The van der Waals surface area contributed by atoms with Crippen molar-refractivity contribution in [2.75, 3.05) is 0 Å². The molecule has 0 spiro atoms. The normalized spacial score (nSPS) is 11.0. The van der Waals surface area contributed by atoms with Crippen LogP contribution in [0.5, 0.6) is 11.5 Å². The molecule has 0 radical (unpaired) electrons. The van der Waals surface area contributed by atoms with E-state index < -0.39 is 22.1 Å². The lowest BCUT2D eigenvalue weighted by Crippen LogP contribution is -2.18. The minimum Gasteiger partial charge on any atom is -0.507 e. The molecule has 0 aliphatic carbocycles. The molecule has 0 saturated carbocycles. The lowest BCUT2D eigenvalue weighted by Gasteiger charge is -2.18. The molecule has 2 aromatic heterocycles. The molecule has 3 rings (SSSR count). The van der Waals surface area contributed by atoms with Crippen LogP contribution in [-0.4, -0.2) is 15.1 Å². The quantitative estimate of drug-likeness (QED) is 0.463. The number of nitro benzene ring substituents is 1. The van der Waals surface area contributed by atoms with E-state index in [-0.39, 0.29) is 52.7 Å². The fourth-order valence-electron chi connectivity index (χ4n) is 3.31. The van der Waals surface area contributed by atoms with Gasteiger partial charge in [0.2, 0.25) is 0 Å². The second-order valence-electron chi connectivity index (χ2n) is 6.97. The number of aryl methyl sites for hydroxylation is 2. The van der Waals surface area contributed by atoms with Crippen molar-refractivity contribution in [1.82, 2.24) is 0 Å². The second kappa shape index (κ2) is 8.24. The largest absolute Gasteiger partial charge is 0.507 e. The van der Waals surface area contributed by atoms with Crippen molar-refractivity contribution in [2.45, 2.75) is 32.6 Å². The van der Waals surface area contributed by atoms with Gasteiger partial charge in [0.25, 0.3) is 5.69 Å². The summed E-state index contributed by atoms with van der Waals surface area (Å²) < 4.78 is 10.1. The van der Waals surface area contributed by atoms with Gasteiger partial charge in [0.05, 0.1) is 16.1 Å². The first-order valence-corrected chi connectivity index (χ1v) is 9.05. The van der Waals surface area contributed by atoms with Crippen LogP contribution in [0.4, 0.5) is 5.69 Å². The predicted molar refractivity (Wildman–Crippen MR) is 106 cm³/mol. The molecule has 30 heavy (non-hydrogen) atoms. The number of rotatable bonds is 6. The Hall–Kier alpha value is -3.88. The Morgan fingerprint density at radius 1 is 0.933 bits per heavy atom. The third-order valence-corrected chi connectivity index (χ3v) is 4.75. The van der Waals surface area contributed by atoms with Crippen molar-refractivity contribution >= 4 is 5.69 Å². The average molecular weight is 413 g/mol. The maximum atomic E-state index is 12.3. The predicted octanol–water partition coefficient (Wildman–Crippen LogP) is 3.10. The zero-order chi connectivity index (χ0) is 22.0. The first-order chi connectivity index (χ1) is 14.2. The molecular weight excluding hydrogens is 394 g/mol. The smallest absolute Gasteiger partial charge is 0.342 e. The van der Waals surface area contributed by atoms with Crippen LogP contribution in [0.3, 0.4) is 0 Å². The van der Waals surface area contributed by atoms with E-state index in [0.717, 1.165) is 0 Å². The minimum absolute atomic E-state index is 0.0342. The highest BCUT2D eigenvalue weighted by atomic mass is 16.6. The van der Waals surface area contributed by atoms with E-state index >= 15 is 0 Å². The highest BCUT2D eigenvalue weighted by molar-refractivity contribution is 5.40. The van der Waals surface area contributed by atoms with Crippen molar-refractivity contribution in [3.63, 3.8) is 0 Å². The summed E-state index contributed by atoms with van der Waals surface area (Å²) in [6, 6.07) is 8.31. The summed E-state index contributed by atoms with van der Waals surface area (Å²) >= 11 is 0. The van der Waals surface area contributed by atoms with Gasteiger partial charge in [-0.25, -0.2) is 9.59 Å². The van der Waals surface area contributed by atoms with E-state index in [4.69, 9.17) is 8.83 Å². The molecule has 0 unspecified atom stereocenters. The second-order valence-corrected chi connectivity index (χ2v) is 6.97. The summed E-state index contributed by atoms with van der Waals surface area (Å²) in [6.45, 7) is 3.02. The average Bonchev–Trinajstić information content (AvgIpc) is 2.65. The number of hydrogen-bond acceptors (Lipinski definition) is 8. The standard InChI is InChI=1S/C21H19NO8/c1-11-6-18(23)16(20(25)29-11)9-14(13-4-3-5-15(8-13)22(27)28)10-17-19(24)7-12(2)30-21(17)26/h3-8,14,23-24H,9-10H2,1-2H3.